The second kappa shape index (κ2) is 10.7. The molecule has 0 aliphatic carbocycles. The van der Waals surface area contributed by atoms with Crippen LogP contribution < -0.4 is 14.4 Å². The van der Waals surface area contributed by atoms with Crippen LogP contribution in [0.5, 0.6) is 5.75 Å². The first kappa shape index (κ1) is 23.9. The molecule has 6 nitrogen and oxygen atoms in total. The molecule has 0 spiro atoms. The first-order valence-corrected chi connectivity index (χ1v) is 11.9. The molecule has 3 aromatic carbocycles. The van der Waals surface area contributed by atoms with Crippen LogP contribution in [0.15, 0.2) is 77.7 Å². The maximum Gasteiger partial charge on any atom is 0.264 e. The fourth-order valence-electron chi connectivity index (χ4n) is 3.00. The molecule has 0 heterocycles. The summed E-state index contributed by atoms with van der Waals surface area (Å²) in [6.07, 6.45) is 0.589. The van der Waals surface area contributed by atoms with Crippen molar-refractivity contribution >= 4 is 44.8 Å². The number of benzene rings is 3. The second-order valence-corrected chi connectivity index (χ2v) is 9.63. The van der Waals surface area contributed by atoms with E-state index >= 15 is 0 Å². The molecule has 168 valence electrons. The largest absolute Gasteiger partial charge is 0.497 e. The molecule has 32 heavy (non-hydrogen) atoms. The van der Waals surface area contributed by atoms with Crippen LogP contribution in [0.1, 0.15) is 5.56 Å². The number of rotatable bonds is 9. The predicted molar refractivity (Wildman–Crippen MR) is 127 cm³/mol. The third kappa shape index (κ3) is 6.16. The standard InChI is InChI=1S/C23H22Cl2N2O4S/c1-31-21-9-11-22(12-10-21)32(29,30)27(20-4-2-3-19(25)15-20)16-23(28)26-14-13-17-5-7-18(24)8-6-17/h2-12,15H,13-14,16H2,1H3,(H,26,28). The summed E-state index contributed by atoms with van der Waals surface area (Å²) in [6.45, 7) is -0.0399. The van der Waals surface area contributed by atoms with Crippen LogP contribution in [-0.2, 0) is 21.2 Å². The predicted octanol–water partition coefficient (Wildman–Crippen LogP) is 4.56. The summed E-state index contributed by atoms with van der Waals surface area (Å²) >= 11 is 12.0. The summed E-state index contributed by atoms with van der Waals surface area (Å²) in [7, 11) is -2.53. The average Bonchev–Trinajstić information content (AvgIpc) is 2.78. The zero-order chi connectivity index (χ0) is 23.1. The van der Waals surface area contributed by atoms with Crippen molar-refractivity contribution in [1.29, 1.82) is 0 Å². The Morgan fingerprint density at radius 1 is 0.969 bits per heavy atom. The number of amides is 1. The zero-order valence-corrected chi connectivity index (χ0v) is 19.6. The van der Waals surface area contributed by atoms with Crippen LogP contribution in [0.4, 0.5) is 5.69 Å². The molecule has 3 aromatic rings. The number of carbonyl (C=O) groups is 1. The highest BCUT2D eigenvalue weighted by Gasteiger charge is 2.27. The average molecular weight is 493 g/mol. The van der Waals surface area contributed by atoms with E-state index in [0.717, 1.165) is 9.87 Å². The molecular weight excluding hydrogens is 471 g/mol. The Morgan fingerprint density at radius 3 is 2.28 bits per heavy atom. The van der Waals surface area contributed by atoms with Crippen molar-refractivity contribution in [1.82, 2.24) is 5.32 Å². The fraction of sp³-hybridized carbons (Fsp3) is 0.174. The van der Waals surface area contributed by atoms with E-state index in [1.807, 2.05) is 12.1 Å². The van der Waals surface area contributed by atoms with Crippen LogP contribution >= 0.6 is 23.2 Å². The number of carbonyl (C=O) groups excluding carboxylic acids is 1. The summed E-state index contributed by atoms with van der Waals surface area (Å²) in [5.41, 5.74) is 1.30. The molecule has 0 radical (unpaired) electrons. The SMILES string of the molecule is COc1ccc(S(=O)(=O)N(CC(=O)NCCc2ccc(Cl)cc2)c2cccc(Cl)c2)cc1. The van der Waals surface area contributed by atoms with Gasteiger partial charge in [0.05, 0.1) is 17.7 Å². The summed E-state index contributed by atoms with van der Waals surface area (Å²) in [4.78, 5) is 12.7. The first-order chi connectivity index (χ1) is 15.3. The molecule has 0 saturated carbocycles. The van der Waals surface area contributed by atoms with Crippen LogP contribution in [-0.4, -0.2) is 34.5 Å². The number of hydrogen-bond donors (Lipinski definition) is 1. The first-order valence-electron chi connectivity index (χ1n) is 9.73. The fourth-order valence-corrected chi connectivity index (χ4v) is 4.73. The topological polar surface area (TPSA) is 75.7 Å². The highest BCUT2D eigenvalue weighted by Crippen LogP contribution is 2.27. The Hall–Kier alpha value is -2.74. The number of methoxy groups -OCH3 is 1. The number of hydrogen-bond acceptors (Lipinski definition) is 4. The van der Waals surface area contributed by atoms with Gasteiger partial charge in [-0.2, -0.15) is 0 Å². The van der Waals surface area contributed by atoms with E-state index in [-0.39, 0.29) is 4.90 Å². The van der Waals surface area contributed by atoms with Gasteiger partial charge in [0.2, 0.25) is 5.91 Å². The molecule has 1 amide bonds. The number of halogens is 2. The van der Waals surface area contributed by atoms with Crippen molar-refractivity contribution in [2.24, 2.45) is 0 Å². The lowest BCUT2D eigenvalue weighted by molar-refractivity contribution is -0.119. The highest BCUT2D eigenvalue weighted by molar-refractivity contribution is 7.92. The normalized spacial score (nSPS) is 11.1. The molecule has 0 atom stereocenters. The van der Waals surface area contributed by atoms with Gasteiger partial charge in [-0.3, -0.25) is 9.10 Å². The summed E-state index contributed by atoms with van der Waals surface area (Å²) in [5.74, 6) is 0.0919. The van der Waals surface area contributed by atoms with E-state index in [4.69, 9.17) is 27.9 Å². The van der Waals surface area contributed by atoms with Crippen LogP contribution in [0, 0.1) is 0 Å². The van der Waals surface area contributed by atoms with E-state index in [0.29, 0.717) is 34.4 Å². The molecule has 0 bridgehead atoms. The third-order valence-electron chi connectivity index (χ3n) is 4.68. The number of anilines is 1. The maximum atomic E-state index is 13.4. The molecule has 0 aliphatic heterocycles. The summed E-state index contributed by atoms with van der Waals surface area (Å²) < 4.78 is 32.8. The van der Waals surface area contributed by atoms with Gasteiger partial charge >= 0.3 is 0 Å². The minimum absolute atomic E-state index is 0.0345. The van der Waals surface area contributed by atoms with Crippen molar-refractivity contribution in [3.8, 4) is 5.75 Å². The Labute approximate surface area is 197 Å². The third-order valence-corrected chi connectivity index (χ3v) is 6.96. The quantitative estimate of drug-likeness (QED) is 0.475. The second-order valence-electron chi connectivity index (χ2n) is 6.89. The van der Waals surface area contributed by atoms with E-state index in [1.165, 1.54) is 25.3 Å². The Balaban J connectivity index is 1.78. The number of ether oxygens (including phenoxy) is 1. The molecule has 1 N–H and O–H groups in total. The van der Waals surface area contributed by atoms with Crippen LogP contribution in [0.2, 0.25) is 10.0 Å². The lowest BCUT2D eigenvalue weighted by Crippen LogP contribution is -2.41. The Kier molecular flexibility index (Phi) is 8.01. The highest BCUT2D eigenvalue weighted by atomic mass is 35.5. The maximum absolute atomic E-state index is 13.4. The summed E-state index contributed by atoms with van der Waals surface area (Å²) in [5, 5.41) is 3.77. The van der Waals surface area contributed by atoms with Gasteiger partial charge < -0.3 is 10.1 Å². The monoisotopic (exact) mass is 492 g/mol. The van der Waals surface area contributed by atoms with Crippen molar-refractivity contribution < 1.29 is 17.9 Å². The molecule has 9 heteroatoms. The van der Waals surface area contributed by atoms with Gasteiger partial charge in [-0.25, -0.2) is 8.42 Å². The van der Waals surface area contributed by atoms with Gasteiger partial charge in [0.25, 0.3) is 10.0 Å². The Bertz CT molecular complexity index is 1170. The van der Waals surface area contributed by atoms with Gasteiger partial charge in [0.15, 0.2) is 0 Å². The lowest BCUT2D eigenvalue weighted by atomic mass is 10.1. The van der Waals surface area contributed by atoms with Crippen molar-refractivity contribution in [2.45, 2.75) is 11.3 Å². The minimum atomic E-state index is -4.03. The van der Waals surface area contributed by atoms with Gasteiger partial charge in [0.1, 0.15) is 12.3 Å². The van der Waals surface area contributed by atoms with Gasteiger partial charge in [-0.1, -0.05) is 41.4 Å². The van der Waals surface area contributed by atoms with Crippen LogP contribution in [0.3, 0.4) is 0 Å². The number of sulfonamides is 1. The molecule has 0 unspecified atom stereocenters. The van der Waals surface area contributed by atoms with Gasteiger partial charge in [-0.05, 0) is 66.6 Å². The van der Waals surface area contributed by atoms with Crippen molar-refractivity contribution in [2.75, 3.05) is 24.5 Å². The van der Waals surface area contributed by atoms with Gasteiger partial charge in [-0.15, -0.1) is 0 Å². The zero-order valence-electron chi connectivity index (χ0n) is 17.3. The molecule has 0 aliphatic rings. The lowest BCUT2D eigenvalue weighted by Gasteiger charge is -2.24. The van der Waals surface area contributed by atoms with Crippen molar-refractivity contribution in [3.63, 3.8) is 0 Å². The molecular formula is C23H22Cl2N2O4S. The molecule has 3 rings (SSSR count). The van der Waals surface area contributed by atoms with E-state index in [2.05, 4.69) is 5.32 Å². The van der Waals surface area contributed by atoms with E-state index in [1.54, 1.807) is 42.5 Å². The molecule has 0 saturated heterocycles. The minimum Gasteiger partial charge on any atom is -0.497 e. The summed E-state index contributed by atoms with van der Waals surface area (Å²) in [6, 6.07) is 19.6. The molecule has 0 aromatic heterocycles. The van der Waals surface area contributed by atoms with E-state index < -0.39 is 22.5 Å². The van der Waals surface area contributed by atoms with Gasteiger partial charge in [0, 0.05) is 16.6 Å². The van der Waals surface area contributed by atoms with Crippen molar-refractivity contribution in [3.05, 3.63) is 88.4 Å². The Morgan fingerprint density at radius 2 is 1.66 bits per heavy atom. The van der Waals surface area contributed by atoms with E-state index in [9.17, 15) is 13.2 Å². The smallest absolute Gasteiger partial charge is 0.264 e. The molecule has 0 fully saturated rings. The number of nitrogens with one attached hydrogen (secondary N) is 1. The van der Waals surface area contributed by atoms with Crippen LogP contribution in [0.25, 0.3) is 0 Å². The number of nitrogens with zero attached hydrogens (tertiary/aromatic N) is 1.